The van der Waals surface area contributed by atoms with Gasteiger partial charge in [0.25, 0.3) is 0 Å². The summed E-state index contributed by atoms with van der Waals surface area (Å²) in [6.07, 6.45) is 2.30. The average Bonchev–Trinajstić information content (AvgIpc) is 3.18. The van der Waals surface area contributed by atoms with Gasteiger partial charge in [-0.05, 0) is 56.3 Å². The van der Waals surface area contributed by atoms with Crippen LogP contribution >= 0.6 is 22.9 Å². The third-order valence-electron chi connectivity index (χ3n) is 5.48. The predicted molar refractivity (Wildman–Crippen MR) is 122 cm³/mol. The van der Waals surface area contributed by atoms with Crippen LogP contribution in [0, 0.1) is 11.3 Å². The lowest BCUT2D eigenvalue weighted by Gasteiger charge is -2.32. The molecule has 0 spiro atoms. The van der Waals surface area contributed by atoms with E-state index in [-0.39, 0.29) is 5.91 Å². The molecule has 30 heavy (non-hydrogen) atoms. The van der Waals surface area contributed by atoms with Crippen LogP contribution in [0.4, 0.5) is 5.69 Å². The van der Waals surface area contributed by atoms with E-state index < -0.39 is 0 Å². The number of piperidine rings is 1. The summed E-state index contributed by atoms with van der Waals surface area (Å²) >= 11 is 7.83. The molecule has 2 aromatic carbocycles. The number of hydrogen-bond donors (Lipinski definition) is 0. The monoisotopic (exact) mass is 438 g/mol. The summed E-state index contributed by atoms with van der Waals surface area (Å²) < 4.78 is 1.17. The molecule has 1 aliphatic heterocycles. The van der Waals surface area contributed by atoms with Crippen molar-refractivity contribution in [1.82, 2.24) is 9.88 Å². The van der Waals surface area contributed by atoms with Gasteiger partial charge in [0.2, 0.25) is 5.91 Å². The molecule has 7 heteroatoms. The summed E-state index contributed by atoms with van der Waals surface area (Å²) in [7, 11) is 0. The molecule has 0 N–H and O–H groups in total. The van der Waals surface area contributed by atoms with Gasteiger partial charge in [-0.25, -0.2) is 4.98 Å². The van der Waals surface area contributed by atoms with Gasteiger partial charge in [0.15, 0.2) is 0 Å². The minimum atomic E-state index is 0.0459. The first-order valence-corrected chi connectivity index (χ1v) is 11.3. The average molecular weight is 439 g/mol. The largest absolute Gasteiger partial charge is 0.310 e. The number of carbonyl (C=O) groups is 1. The second-order valence-electron chi connectivity index (χ2n) is 7.50. The number of benzene rings is 2. The van der Waals surface area contributed by atoms with E-state index in [0.717, 1.165) is 42.1 Å². The molecule has 1 saturated heterocycles. The molecule has 5 nitrogen and oxygen atoms in total. The van der Waals surface area contributed by atoms with Crippen molar-refractivity contribution in [3.05, 3.63) is 58.6 Å². The Hall–Kier alpha value is -2.46. The smallest absolute Gasteiger partial charge is 0.241 e. The summed E-state index contributed by atoms with van der Waals surface area (Å²) in [5.41, 5.74) is 1.82. The Morgan fingerprint density at radius 1 is 1.23 bits per heavy atom. The zero-order valence-electron chi connectivity index (χ0n) is 16.6. The van der Waals surface area contributed by atoms with Crippen molar-refractivity contribution in [2.75, 3.05) is 31.1 Å². The van der Waals surface area contributed by atoms with Gasteiger partial charge in [-0.2, -0.15) is 5.26 Å². The minimum absolute atomic E-state index is 0.0459. The van der Waals surface area contributed by atoms with E-state index in [2.05, 4.69) is 11.0 Å². The molecule has 0 unspecified atom stereocenters. The van der Waals surface area contributed by atoms with Crippen LogP contribution in [0.3, 0.4) is 0 Å². The van der Waals surface area contributed by atoms with E-state index in [9.17, 15) is 4.79 Å². The van der Waals surface area contributed by atoms with Crippen molar-refractivity contribution in [3.63, 3.8) is 0 Å². The van der Waals surface area contributed by atoms with E-state index in [1.165, 1.54) is 4.70 Å². The van der Waals surface area contributed by atoms with Crippen LogP contribution in [-0.2, 0) is 4.79 Å². The molecule has 0 bridgehead atoms. The molecule has 2 heterocycles. The van der Waals surface area contributed by atoms with Gasteiger partial charge in [0.1, 0.15) is 0 Å². The van der Waals surface area contributed by atoms with E-state index >= 15 is 0 Å². The van der Waals surface area contributed by atoms with Crippen LogP contribution in [0.25, 0.3) is 10.2 Å². The number of nitrogens with zero attached hydrogens (tertiary/aromatic N) is 4. The zero-order chi connectivity index (χ0) is 20.9. The highest BCUT2D eigenvalue weighted by atomic mass is 35.5. The first kappa shape index (κ1) is 20.8. The Bertz CT molecular complexity index is 1050. The van der Waals surface area contributed by atoms with Crippen LogP contribution in [0.2, 0.25) is 5.02 Å². The lowest BCUT2D eigenvalue weighted by atomic mass is 9.97. The molecular formula is C23H23ClN4OS. The number of thiazole rings is 1. The summed E-state index contributed by atoms with van der Waals surface area (Å²) in [5, 5.41) is 10.8. The number of hydrogen-bond acceptors (Lipinski definition) is 5. The molecule has 0 aliphatic carbocycles. The molecule has 1 aromatic heterocycles. The third kappa shape index (κ3) is 4.81. The summed E-state index contributed by atoms with van der Waals surface area (Å²) in [5.74, 6) is 0.473. The van der Waals surface area contributed by atoms with Crippen molar-refractivity contribution in [3.8, 4) is 6.07 Å². The number of aromatic nitrogens is 1. The Kier molecular flexibility index (Phi) is 6.63. The maximum absolute atomic E-state index is 13.0. The molecule has 1 fully saturated rings. The number of halogens is 1. The van der Waals surface area contributed by atoms with Crippen LogP contribution < -0.4 is 4.90 Å². The lowest BCUT2D eigenvalue weighted by Crippen LogP contribution is -2.43. The normalized spacial score (nSPS) is 15.2. The van der Waals surface area contributed by atoms with E-state index in [1.54, 1.807) is 16.2 Å². The van der Waals surface area contributed by atoms with Crippen molar-refractivity contribution < 1.29 is 4.79 Å². The molecular weight excluding hydrogens is 416 g/mol. The highest BCUT2D eigenvalue weighted by Gasteiger charge is 2.26. The second kappa shape index (κ2) is 9.57. The van der Waals surface area contributed by atoms with E-state index in [0.29, 0.717) is 30.5 Å². The first-order chi connectivity index (χ1) is 14.6. The standard InChI is InChI=1S/C23H23ClN4OS/c24-18-7-8-21-20(15-18)26-23(30-21)17-9-13-27(14-10-17)16-22(29)28(12-4-11-25)19-5-2-1-3-6-19/h1-3,5-8,15,17H,4,9-10,12-14,16H2. The number of para-hydroxylation sites is 1. The van der Waals surface area contributed by atoms with E-state index in [1.807, 2.05) is 48.5 Å². The van der Waals surface area contributed by atoms with Gasteiger partial charge in [-0.1, -0.05) is 29.8 Å². The van der Waals surface area contributed by atoms with Gasteiger partial charge in [0, 0.05) is 23.2 Å². The second-order valence-corrected chi connectivity index (χ2v) is 9.00. The number of amides is 1. The fraction of sp³-hybridized carbons (Fsp3) is 0.348. The van der Waals surface area contributed by atoms with Crippen LogP contribution in [0.15, 0.2) is 48.5 Å². The zero-order valence-corrected chi connectivity index (χ0v) is 18.2. The van der Waals surface area contributed by atoms with Crippen LogP contribution in [0.1, 0.15) is 30.2 Å². The predicted octanol–water partition coefficient (Wildman–Crippen LogP) is 5.08. The number of carbonyl (C=O) groups excluding carboxylic acids is 1. The number of fused-ring (bicyclic) bond motifs is 1. The van der Waals surface area contributed by atoms with Crippen LogP contribution in [-0.4, -0.2) is 42.0 Å². The third-order valence-corrected chi connectivity index (χ3v) is 6.91. The number of rotatable bonds is 6. The van der Waals surface area contributed by atoms with Gasteiger partial charge in [-0.15, -0.1) is 11.3 Å². The maximum atomic E-state index is 13.0. The Balaban J connectivity index is 1.37. The Morgan fingerprint density at radius 3 is 2.73 bits per heavy atom. The SMILES string of the molecule is N#CCCN(C(=O)CN1CCC(c2nc3cc(Cl)ccc3s2)CC1)c1ccccc1. The van der Waals surface area contributed by atoms with Gasteiger partial charge >= 0.3 is 0 Å². The number of likely N-dealkylation sites (tertiary alicyclic amines) is 1. The highest BCUT2D eigenvalue weighted by molar-refractivity contribution is 7.18. The molecule has 154 valence electrons. The molecule has 3 aromatic rings. The van der Waals surface area contributed by atoms with Gasteiger partial charge in [-0.3, -0.25) is 9.69 Å². The Morgan fingerprint density at radius 2 is 2.00 bits per heavy atom. The molecule has 1 aliphatic rings. The van der Waals surface area contributed by atoms with Crippen LogP contribution in [0.5, 0.6) is 0 Å². The topological polar surface area (TPSA) is 60.2 Å². The van der Waals surface area contributed by atoms with Crippen molar-refractivity contribution in [1.29, 1.82) is 5.26 Å². The van der Waals surface area contributed by atoms with Crippen molar-refractivity contribution in [2.45, 2.75) is 25.2 Å². The lowest BCUT2D eigenvalue weighted by molar-refractivity contribution is -0.120. The van der Waals surface area contributed by atoms with Gasteiger partial charge in [0.05, 0.1) is 34.3 Å². The molecule has 0 atom stereocenters. The van der Waals surface area contributed by atoms with Gasteiger partial charge < -0.3 is 4.90 Å². The highest BCUT2D eigenvalue weighted by Crippen LogP contribution is 2.34. The van der Waals surface area contributed by atoms with E-state index in [4.69, 9.17) is 21.8 Å². The maximum Gasteiger partial charge on any atom is 0.241 e. The molecule has 4 rings (SSSR count). The summed E-state index contributed by atoms with van der Waals surface area (Å²) in [4.78, 5) is 21.7. The summed E-state index contributed by atoms with van der Waals surface area (Å²) in [6, 6.07) is 17.6. The van der Waals surface area contributed by atoms with Crippen molar-refractivity contribution >= 4 is 44.7 Å². The molecule has 0 saturated carbocycles. The number of anilines is 1. The fourth-order valence-corrected chi connectivity index (χ4v) is 5.16. The minimum Gasteiger partial charge on any atom is -0.310 e. The number of nitriles is 1. The fourth-order valence-electron chi connectivity index (χ4n) is 3.88. The first-order valence-electron chi connectivity index (χ1n) is 10.1. The molecule has 0 radical (unpaired) electrons. The van der Waals surface area contributed by atoms with Crippen molar-refractivity contribution in [2.24, 2.45) is 0 Å². The molecule has 1 amide bonds. The summed E-state index contributed by atoms with van der Waals surface area (Å²) in [6.45, 7) is 2.54. The Labute approximate surface area is 185 Å². The quantitative estimate of drug-likeness (QED) is 0.538.